The second kappa shape index (κ2) is 9.94. The Bertz CT molecular complexity index is 922. The molecule has 1 aliphatic carbocycles. The number of phenolic OH excluding ortho intramolecular Hbond substituents is 1. The van der Waals surface area contributed by atoms with Gasteiger partial charge in [-0.25, -0.2) is 4.79 Å². The first kappa shape index (κ1) is 27.2. The highest BCUT2D eigenvalue weighted by Crippen LogP contribution is 2.51. The molecule has 6 heteroatoms. The lowest BCUT2D eigenvalue weighted by atomic mass is 9.62. The minimum Gasteiger partial charge on any atom is -0.508 e. The van der Waals surface area contributed by atoms with E-state index in [0.717, 1.165) is 24.8 Å². The third kappa shape index (κ3) is 5.71. The van der Waals surface area contributed by atoms with Gasteiger partial charge >= 0.3 is 5.97 Å². The highest BCUT2D eigenvalue weighted by Gasteiger charge is 2.49. The maximum Gasteiger partial charge on any atom is 0.338 e. The monoisotopic (exact) mass is 536 g/mol. The maximum absolute atomic E-state index is 13.1. The van der Waals surface area contributed by atoms with E-state index in [4.69, 9.17) is 9.47 Å². The van der Waals surface area contributed by atoms with Crippen molar-refractivity contribution in [1.29, 1.82) is 0 Å². The number of hydrogen-bond donors (Lipinski definition) is 2. The highest BCUT2D eigenvalue weighted by atomic mass is 79.9. The van der Waals surface area contributed by atoms with E-state index in [1.807, 2.05) is 13.8 Å². The molecule has 0 spiro atoms. The molecule has 1 aromatic carbocycles. The Labute approximate surface area is 213 Å². The largest absolute Gasteiger partial charge is 0.508 e. The van der Waals surface area contributed by atoms with Crippen molar-refractivity contribution in [2.45, 2.75) is 108 Å². The van der Waals surface area contributed by atoms with Crippen LogP contribution in [0.1, 0.15) is 89.6 Å². The van der Waals surface area contributed by atoms with Crippen LogP contribution in [0.5, 0.6) is 5.75 Å². The van der Waals surface area contributed by atoms with Gasteiger partial charge in [0.2, 0.25) is 0 Å². The summed E-state index contributed by atoms with van der Waals surface area (Å²) in [5.74, 6) is -0.132. The summed E-state index contributed by atoms with van der Waals surface area (Å²) in [6.07, 6.45) is 4.32. The second-order valence-electron chi connectivity index (χ2n) is 11.3. The number of carbonyl (C=O) groups is 1. The van der Waals surface area contributed by atoms with E-state index < -0.39 is 17.7 Å². The van der Waals surface area contributed by atoms with E-state index in [-0.39, 0.29) is 28.8 Å². The smallest absolute Gasteiger partial charge is 0.338 e. The molecule has 1 heterocycles. The van der Waals surface area contributed by atoms with E-state index in [2.05, 4.69) is 36.4 Å². The van der Waals surface area contributed by atoms with Crippen molar-refractivity contribution in [3.63, 3.8) is 0 Å². The minimum atomic E-state index is -1.18. The molecule has 3 rings (SSSR count). The third-order valence-electron chi connectivity index (χ3n) is 8.41. The Kier molecular flexibility index (Phi) is 7.96. The zero-order valence-electron chi connectivity index (χ0n) is 21.5. The van der Waals surface area contributed by atoms with Crippen LogP contribution in [-0.4, -0.2) is 44.4 Å². The fourth-order valence-corrected chi connectivity index (χ4v) is 6.12. The summed E-state index contributed by atoms with van der Waals surface area (Å²) < 4.78 is 11.4. The van der Waals surface area contributed by atoms with Gasteiger partial charge in [-0.15, -0.1) is 0 Å². The molecule has 190 valence electrons. The highest BCUT2D eigenvalue weighted by molar-refractivity contribution is 9.09. The third-order valence-corrected chi connectivity index (χ3v) is 9.92. The van der Waals surface area contributed by atoms with Crippen molar-refractivity contribution >= 4 is 21.9 Å². The number of ether oxygens (including phenoxy) is 2. The molecule has 0 bridgehead atoms. The van der Waals surface area contributed by atoms with Gasteiger partial charge in [-0.3, -0.25) is 0 Å². The summed E-state index contributed by atoms with van der Waals surface area (Å²) in [5.41, 5.74) is 0.900. The van der Waals surface area contributed by atoms with Crippen LogP contribution in [0.3, 0.4) is 0 Å². The molecule has 1 aliphatic heterocycles. The molecule has 2 aliphatic rings. The quantitative estimate of drug-likeness (QED) is 0.167. The number of hydrogen-bond acceptors (Lipinski definition) is 5. The van der Waals surface area contributed by atoms with Gasteiger partial charge in [-0.1, -0.05) is 41.9 Å². The first-order chi connectivity index (χ1) is 15.7. The van der Waals surface area contributed by atoms with E-state index in [1.54, 1.807) is 32.0 Å². The molecule has 0 unspecified atom stereocenters. The Balaban J connectivity index is 1.77. The molecule has 34 heavy (non-hydrogen) atoms. The Hall–Kier alpha value is -1.37. The zero-order valence-corrected chi connectivity index (χ0v) is 23.1. The molecule has 2 fully saturated rings. The van der Waals surface area contributed by atoms with Crippen molar-refractivity contribution in [1.82, 2.24) is 0 Å². The molecule has 0 aromatic heterocycles. The van der Waals surface area contributed by atoms with E-state index in [9.17, 15) is 15.0 Å². The molecule has 2 N–H and O–H groups in total. The van der Waals surface area contributed by atoms with Crippen LogP contribution in [0, 0.1) is 11.3 Å². The number of aliphatic hydroxyl groups is 1. The van der Waals surface area contributed by atoms with Gasteiger partial charge in [0.15, 0.2) is 0 Å². The predicted octanol–water partition coefficient (Wildman–Crippen LogP) is 6.33. The first-order valence-corrected chi connectivity index (χ1v) is 13.4. The summed E-state index contributed by atoms with van der Waals surface area (Å²) in [4.78, 5) is 13.5. The zero-order chi connectivity index (χ0) is 25.5. The molecule has 1 saturated heterocycles. The number of aromatic hydroxyl groups is 1. The van der Waals surface area contributed by atoms with E-state index in [0.29, 0.717) is 29.7 Å². The van der Waals surface area contributed by atoms with Gasteiger partial charge in [0.1, 0.15) is 11.9 Å². The summed E-state index contributed by atoms with van der Waals surface area (Å²) in [6.45, 7) is 16.2. The number of epoxide rings is 1. The van der Waals surface area contributed by atoms with Crippen LogP contribution in [-0.2, 0) is 15.9 Å². The summed E-state index contributed by atoms with van der Waals surface area (Å²) in [6, 6.07) is 4.87. The van der Waals surface area contributed by atoms with Gasteiger partial charge < -0.3 is 19.7 Å². The SMILES string of the molecule is C=C1CC[C@H](Br)[C@@](C)(CC)[C@@H]1Cc1cc(C(=O)O[C@@H](CC[C@]2(C)O[C@H]2C)C(C)(C)O)ccc1O. The van der Waals surface area contributed by atoms with Crippen molar-refractivity contribution in [3.8, 4) is 5.75 Å². The maximum atomic E-state index is 13.1. The summed E-state index contributed by atoms with van der Waals surface area (Å²) >= 11 is 3.88. The number of allylic oxidation sites excluding steroid dienone is 1. The number of esters is 1. The average molecular weight is 538 g/mol. The molecular formula is C28H41BrO5. The van der Waals surface area contributed by atoms with Crippen molar-refractivity contribution in [2.75, 3.05) is 0 Å². The standard InChI is InChI=1S/C28H41BrO5/c1-8-27(6)21(17(2)9-12-23(27)29)16-20-15-19(10-11-22(20)30)25(31)33-24(26(4,5)32)13-14-28(7)18(3)34-28/h10-11,15,18,21,23-24,30,32H,2,8-9,12-14,16H2,1,3-7H3/t18-,21+,23-,24-,27-,28-/m0/s1. The number of carbonyl (C=O) groups excluding carboxylic acids is 1. The summed E-state index contributed by atoms with van der Waals surface area (Å²) in [7, 11) is 0. The second-order valence-corrected chi connectivity index (χ2v) is 12.4. The van der Waals surface area contributed by atoms with Crippen LogP contribution in [0.15, 0.2) is 30.4 Å². The van der Waals surface area contributed by atoms with Crippen LogP contribution >= 0.6 is 15.9 Å². The molecule has 0 amide bonds. The molecular weight excluding hydrogens is 496 g/mol. The predicted molar refractivity (Wildman–Crippen MR) is 138 cm³/mol. The fraction of sp³-hybridized carbons (Fsp3) is 0.679. The van der Waals surface area contributed by atoms with Crippen LogP contribution in [0.2, 0.25) is 0 Å². The molecule has 1 aromatic rings. The number of alkyl halides is 1. The van der Waals surface area contributed by atoms with Crippen LogP contribution in [0.4, 0.5) is 0 Å². The molecule has 6 atom stereocenters. The number of halogens is 1. The normalized spacial score (nSPS) is 32.4. The lowest BCUT2D eigenvalue weighted by Gasteiger charge is -2.46. The van der Waals surface area contributed by atoms with Crippen molar-refractivity contribution < 1.29 is 24.5 Å². The lowest BCUT2D eigenvalue weighted by Crippen LogP contribution is -2.41. The average Bonchev–Trinajstić information content (AvgIpc) is 3.37. The van der Waals surface area contributed by atoms with Gasteiger partial charge in [0, 0.05) is 4.83 Å². The lowest BCUT2D eigenvalue weighted by molar-refractivity contribution is -0.0694. The van der Waals surface area contributed by atoms with E-state index in [1.165, 1.54) is 5.57 Å². The number of benzene rings is 1. The molecule has 1 saturated carbocycles. The van der Waals surface area contributed by atoms with Crippen molar-refractivity contribution in [3.05, 3.63) is 41.5 Å². The number of rotatable bonds is 9. The van der Waals surface area contributed by atoms with Crippen LogP contribution in [0.25, 0.3) is 0 Å². The Morgan fingerprint density at radius 2 is 2.03 bits per heavy atom. The van der Waals surface area contributed by atoms with Crippen molar-refractivity contribution in [2.24, 2.45) is 11.3 Å². The first-order valence-electron chi connectivity index (χ1n) is 12.5. The Morgan fingerprint density at radius 3 is 2.59 bits per heavy atom. The number of phenols is 1. The van der Waals surface area contributed by atoms with Gasteiger partial charge in [-0.2, -0.15) is 0 Å². The topological polar surface area (TPSA) is 79.3 Å². The van der Waals surface area contributed by atoms with Gasteiger partial charge in [0.05, 0.1) is 22.9 Å². The summed E-state index contributed by atoms with van der Waals surface area (Å²) in [5, 5.41) is 21.2. The fourth-order valence-electron chi connectivity index (χ4n) is 5.25. The van der Waals surface area contributed by atoms with E-state index >= 15 is 0 Å². The van der Waals surface area contributed by atoms with Crippen LogP contribution < -0.4 is 0 Å². The van der Waals surface area contributed by atoms with Gasteiger partial charge in [0.25, 0.3) is 0 Å². The minimum absolute atomic E-state index is 0.0163. The molecule has 5 nitrogen and oxygen atoms in total. The molecule has 0 radical (unpaired) electrons. The van der Waals surface area contributed by atoms with Gasteiger partial charge in [-0.05, 0) is 101 Å². The Morgan fingerprint density at radius 1 is 1.38 bits per heavy atom.